The smallest absolute Gasteiger partial charge is 0.412 e. The Morgan fingerprint density at radius 2 is 2.00 bits per heavy atom. The third-order valence-electron chi connectivity index (χ3n) is 6.49. The van der Waals surface area contributed by atoms with E-state index in [4.69, 9.17) is 27.9 Å². The summed E-state index contributed by atoms with van der Waals surface area (Å²) in [5.41, 5.74) is 2.28. The van der Waals surface area contributed by atoms with Crippen molar-refractivity contribution in [2.45, 2.75) is 51.7 Å². The largest absolute Gasteiger partial charge is 0.477 e. The van der Waals surface area contributed by atoms with Crippen LogP contribution in [-0.4, -0.2) is 37.8 Å². The van der Waals surface area contributed by atoms with Crippen molar-refractivity contribution in [2.24, 2.45) is 0 Å². The third kappa shape index (κ3) is 6.18. The van der Waals surface area contributed by atoms with Crippen molar-refractivity contribution in [1.29, 1.82) is 0 Å². The number of aromatic nitrogens is 2. The zero-order valence-electron chi connectivity index (χ0n) is 22.4. The summed E-state index contributed by atoms with van der Waals surface area (Å²) in [7, 11) is 0. The Bertz CT molecular complexity index is 1560. The number of aromatic carboxylic acids is 1. The molecule has 1 unspecified atom stereocenters. The lowest BCUT2D eigenvalue weighted by Crippen LogP contribution is -2.27. The number of imidazole rings is 1. The number of carboxylic acids is 1. The van der Waals surface area contributed by atoms with Gasteiger partial charge in [0.2, 0.25) is 0 Å². The number of aromatic amines is 1. The van der Waals surface area contributed by atoms with Crippen LogP contribution in [0.5, 0.6) is 0 Å². The number of ether oxygens (including phenoxy) is 1. The molecule has 1 amide bonds. The third-order valence-corrected chi connectivity index (χ3v) is 7.91. The average molecular weight is 603 g/mol. The highest BCUT2D eigenvalue weighted by molar-refractivity contribution is 7.12. The number of hydrogen-bond donors (Lipinski definition) is 4. The van der Waals surface area contributed by atoms with Gasteiger partial charge in [-0.25, -0.2) is 14.6 Å². The fourth-order valence-corrected chi connectivity index (χ4v) is 5.61. The zero-order chi connectivity index (χ0) is 29.4. The fourth-order valence-electron chi connectivity index (χ4n) is 4.46. The van der Waals surface area contributed by atoms with Crippen LogP contribution in [-0.2, 0) is 10.3 Å². The van der Waals surface area contributed by atoms with Crippen LogP contribution in [0.1, 0.15) is 61.6 Å². The summed E-state index contributed by atoms with van der Waals surface area (Å²) >= 11 is 13.8. The van der Waals surface area contributed by atoms with Crippen LogP contribution >= 0.6 is 34.5 Å². The van der Waals surface area contributed by atoms with Crippen LogP contribution in [0, 0.1) is 0 Å². The van der Waals surface area contributed by atoms with Gasteiger partial charge in [0.15, 0.2) is 5.15 Å². The SMILES string of the molecule is C=C/C(=C\C1=C(C)C(O)(c2nc(Cl)c(-c3csc(C(=O)O)c3)[nH]2)CC1)c1cc(Cl)ccc1NC(=O)OC(C)(C)C. The number of nitrogens with one attached hydrogen (secondary N) is 2. The minimum absolute atomic E-state index is 0.138. The highest BCUT2D eigenvalue weighted by atomic mass is 35.5. The van der Waals surface area contributed by atoms with Crippen molar-refractivity contribution in [2.75, 3.05) is 5.32 Å². The lowest BCUT2D eigenvalue weighted by Gasteiger charge is -2.22. The maximum absolute atomic E-state index is 12.5. The van der Waals surface area contributed by atoms with Gasteiger partial charge < -0.3 is 19.9 Å². The Kier molecular flexibility index (Phi) is 8.33. The minimum atomic E-state index is -1.42. The summed E-state index contributed by atoms with van der Waals surface area (Å²) in [5.74, 6) is -0.759. The Labute approximate surface area is 246 Å². The van der Waals surface area contributed by atoms with E-state index in [0.717, 1.165) is 16.9 Å². The standard InChI is InChI=1S/C29H29Cl2N3O5S/c1-6-16(20-13-19(30)7-8-21(20)32-27(37)39-28(3,4)5)11-17-9-10-29(38,15(17)2)26-33-23(24(31)34-26)18-12-22(25(35)36)40-14-18/h6-8,11-14,38H,1,9-10H2,2-5H3,(H,32,37)(H,33,34)(H,35,36)/b16-11+. The summed E-state index contributed by atoms with van der Waals surface area (Å²) < 4.78 is 5.40. The summed E-state index contributed by atoms with van der Waals surface area (Å²) in [6.07, 6.45) is 3.83. The first-order valence-electron chi connectivity index (χ1n) is 12.4. The van der Waals surface area contributed by atoms with Crippen molar-refractivity contribution >= 4 is 57.9 Å². The molecule has 40 heavy (non-hydrogen) atoms. The molecule has 0 saturated heterocycles. The molecule has 210 valence electrons. The highest BCUT2D eigenvalue weighted by Gasteiger charge is 2.41. The lowest BCUT2D eigenvalue weighted by atomic mass is 9.94. The molecule has 0 radical (unpaired) electrons. The molecule has 1 aliphatic rings. The Morgan fingerprint density at radius 3 is 2.62 bits per heavy atom. The van der Waals surface area contributed by atoms with E-state index in [1.54, 1.807) is 50.4 Å². The van der Waals surface area contributed by atoms with E-state index in [1.165, 1.54) is 6.07 Å². The second-order valence-electron chi connectivity index (χ2n) is 10.4. The molecule has 0 fully saturated rings. The van der Waals surface area contributed by atoms with Gasteiger partial charge in [-0.2, -0.15) is 0 Å². The van der Waals surface area contributed by atoms with Gasteiger partial charge >= 0.3 is 12.1 Å². The number of aliphatic hydroxyl groups is 1. The number of benzene rings is 1. The van der Waals surface area contributed by atoms with E-state index in [1.807, 2.05) is 13.0 Å². The molecule has 0 aliphatic heterocycles. The summed E-state index contributed by atoms with van der Waals surface area (Å²) in [6.45, 7) is 11.1. The summed E-state index contributed by atoms with van der Waals surface area (Å²) in [4.78, 5) is 31.4. The van der Waals surface area contributed by atoms with Crippen molar-refractivity contribution in [1.82, 2.24) is 9.97 Å². The number of carbonyl (C=O) groups is 2. The fraction of sp³-hybridized carbons (Fsp3) is 0.276. The molecule has 2 heterocycles. The first kappa shape index (κ1) is 29.6. The quantitative estimate of drug-likeness (QED) is 0.203. The Hall–Kier alpha value is -3.37. The van der Waals surface area contributed by atoms with Crippen molar-refractivity contribution < 1.29 is 24.5 Å². The number of carboxylic acid groups (broad SMARTS) is 1. The molecule has 1 aromatic carbocycles. The van der Waals surface area contributed by atoms with Crippen molar-refractivity contribution in [3.05, 3.63) is 86.0 Å². The molecular formula is C29H29Cl2N3O5S. The van der Waals surface area contributed by atoms with Gasteiger partial charge in [-0.15, -0.1) is 11.3 Å². The van der Waals surface area contributed by atoms with E-state index in [-0.39, 0.29) is 15.9 Å². The van der Waals surface area contributed by atoms with E-state index >= 15 is 0 Å². The number of anilines is 1. The molecule has 2 aromatic heterocycles. The normalized spacial score (nSPS) is 17.7. The van der Waals surface area contributed by atoms with Crippen LogP contribution in [0.25, 0.3) is 16.8 Å². The summed E-state index contributed by atoms with van der Waals surface area (Å²) in [6, 6.07) is 6.60. The maximum atomic E-state index is 12.5. The number of allylic oxidation sites excluding steroid dienone is 4. The first-order chi connectivity index (χ1) is 18.7. The number of thiophene rings is 1. The molecule has 0 spiro atoms. The average Bonchev–Trinajstić information content (AvgIpc) is 3.57. The van der Waals surface area contributed by atoms with E-state index in [9.17, 15) is 19.8 Å². The molecule has 4 rings (SSSR count). The minimum Gasteiger partial charge on any atom is -0.477 e. The lowest BCUT2D eigenvalue weighted by molar-refractivity contribution is 0.0633. The van der Waals surface area contributed by atoms with Gasteiger partial charge in [0.25, 0.3) is 0 Å². The van der Waals surface area contributed by atoms with Crippen LogP contribution in [0.3, 0.4) is 0 Å². The molecular weight excluding hydrogens is 573 g/mol. The number of amides is 1. The van der Waals surface area contributed by atoms with Gasteiger partial charge in [-0.05, 0) is 81.5 Å². The molecule has 8 nitrogen and oxygen atoms in total. The van der Waals surface area contributed by atoms with Gasteiger partial charge in [-0.3, -0.25) is 5.32 Å². The molecule has 1 aliphatic carbocycles. The van der Waals surface area contributed by atoms with Gasteiger partial charge in [-0.1, -0.05) is 41.9 Å². The van der Waals surface area contributed by atoms with E-state index < -0.39 is 23.3 Å². The van der Waals surface area contributed by atoms with Crippen LogP contribution in [0.4, 0.5) is 10.5 Å². The number of halogens is 2. The number of carbonyl (C=O) groups excluding carboxylic acids is 1. The molecule has 4 N–H and O–H groups in total. The molecule has 1 atom stereocenters. The number of hydrogen-bond acceptors (Lipinski definition) is 6. The maximum Gasteiger partial charge on any atom is 0.412 e. The van der Waals surface area contributed by atoms with Crippen LogP contribution in [0.15, 0.2) is 59.5 Å². The predicted molar refractivity (Wildman–Crippen MR) is 159 cm³/mol. The molecule has 3 aromatic rings. The zero-order valence-corrected chi connectivity index (χ0v) is 24.7. The van der Waals surface area contributed by atoms with E-state index in [2.05, 4.69) is 21.9 Å². The number of nitrogens with zero attached hydrogens (tertiary/aromatic N) is 1. The van der Waals surface area contributed by atoms with Crippen molar-refractivity contribution in [3.8, 4) is 11.3 Å². The second-order valence-corrected chi connectivity index (χ2v) is 12.1. The second kappa shape index (κ2) is 11.2. The van der Waals surface area contributed by atoms with Crippen molar-refractivity contribution in [3.63, 3.8) is 0 Å². The topological polar surface area (TPSA) is 125 Å². The Morgan fingerprint density at radius 1 is 1.27 bits per heavy atom. The first-order valence-corrected chi connectivity index (χ1v) is 14.0. The monoisotopic (exact) mass is 601 g/mol. The predicted octanol–water partition coefficient (Wildman–Crippen LogP) is 8.06. The molecule has 0 saturated carbocycles. The van der Waals surface area contributed by atoms with Crippen LogP contribution < -0.4 is 5.32 Å². The van der Waals surface area contributed by atoms with Gasteiger partial charge in [0.1, 0.15) is 21.9 Å². The summed E-state index contributed by atoms with van der Waals surface area (Å²) in [5, 5.41) is 26.0. The molecule has 0 bridgehead atoms. The van der Waals surface area contributed by atoms with Gasteiger partial charge in [0.05, 0.1) is 11.4 Å². The van der Waals surface area contributed by atoms with Gasteiger partial charge in [0, 0.05) is 21.5 Å². The number of H-pyrrole nitrogens is 1. The molecule has 11 heteroatoms. The Balaban J connectivity index is 1.69. The van der Waals surface area contributed by atoms with Crippen LogP contribution in [0.2, 0.25) is 10.2 Å². The highest BCUT2D eigenvalue weighted by Crippen LogP contribution is 2.45. The number of rotatable bonds is 7. The van der Waals surface area contributed by atoms with E-state index in [0.29, 0.717) is 51.5 Å².